The minimum absolute atomic E-state index is 0.0410. The number of aromatic nitrogens is 1. The first-order valence-electron chi connectivity index (χ1n) is 7.67. The molecule has 1 rings (SSSR count). The highest BCUT2D eigenvalue weighted by atomic mass is 16.1. The van der Waals surface area contributed by atoms with Crippen LogP contribution in [0.5, 0.6) is 0 Å². The monoisotopic (exact) mass is 277 g/mol. The van der Waals surface area contributed by atoms with Crippen LogP contribution in [-0.4, -0.2) is 23.5 Å². The second-order valence-electron chi connectivity index (χ2n) is 5.22. The molecular weight excluding hydrogens is 250 g/mol. The predicted molar refractivity (Wildman–Crippen MR) is 84.1 cm³/mol. The number of hydrogen-bond donors (Lipinski definition) is 2. The Morgan fingerprint density at radius 3 is 2.80 bits per heavy atom. The van der Waals surface area contributed by atoms with Crippen molar-refractivity contribution in [3.8, 4) is 0 Å². The summed E-state index contributed by atoms with van der Waals surface area (Å²) in [4.78, 5) is 16.3. The summed E-state index contributed by atoms with van der Waals surface area (Å²) < 4.78 is 0. The highest BCUT2D eigenvalue weighted by Crippen LogP contribution is 2.14. The van der Waals surface area contributed by atoms with E-state index in [4.69, 9.17) is 0 Å². The maximum Gasteiger partial charge on any atom is 0.255 e. The van der Waals surface area contributed by atoms with E-state index in [2.05, 4.69) is 36.4 Å². The molecule has 0 fully saturated rings. The third kappa shape index (κ3) is 5.59. The van der Waals surface area contributed by atoms with Gasteiger partial charge in [-0.05, 0) is 25.8 Å². The standard InChI is InChI=1S/C16H27N3O/c1-4-6-7-8-13(3)19-16(20)14-12-17-11-9-15(14)18-10-5-2/h9,11-13H,4-8,10H2,1-3H3,(H,17,18)(H,19,20). The molecule has 1 atom stereocenters. The summed E-state index contributed by atoms with van der Waals surface area (Å²) in [5.41, 5.74) is 1.49. The minimum atomic E-state index is -0.0410. The number of rotatable bonds is 9. The van der Waals surface area contributed by atoms with Gasteiger partial charge in [-0.1, -0.05) is 33.1 Å². The predicted octanol–water partition coefficient (Wildman–Crippen LogP) is 3.60. The van der Waals surface area contributed by atoms with Crippen molar-refractivity contribution >= 4 is 11.6 Å². The van der Waals surface area contributed by atoms with Crippen molar-refractivity contribution in [3.63, 3.8) is 0 Å². The Morgan fingerprint density at radius 2 is 2.10 bits per heavy atom. The summed E-state index contributed by atoms with van der Waals surface area (Å²) in [7, 11) is 0. The molecular formula is C16H27N3O. The average molecular weight is 277 g/mol. The molecule has 1 aromatic rings. The summed E-state index contributed by atoms with van der Waals surface area (Å²) in [5, 5.41) is 6.32. The first-order chi connectivity index (χ1) is 9.69. The fraction of sp³-hybridized carbons (Fsp3) is 0.625. The highest BCUT2D eigenvalue weighted by molar-refractivity contribution is 5.99. The number of nitrogens with one attached hydrogen (secondary N) is 2. The van der Waals surface area contributed by atoms with Crippen molar-refractivity contribution in [2.75, 3.05) is 11.9 Å². The number of hydrogen-bond acceptors (Lipinski definition) is 3. The molecule has 0 saturated heterocycles. The van der Waals surface area contributed by atoms with Crippen molar-refractivity contribution < 1.29 is 4.79 Å². The van der Waals surface area contributed by atoms with Gasteiger partial charge in [0, 0.05) is 25.0 Å². The maximum atomic E-state index is 12.3. The number of carbonyl (C=O) groups is 1. The van der Waals surface area contributed by atoms with Crippen molar-refractivity contribution in [2.45, 2.75) is 58.9 Å². The van der Waals surface area contributed by atoms with E-state index in [9.17, 15) is 4.79 Å². The van der Waals surface area contributed by atoms with Gasteiger partial charge in [-0.15, -0.1) is 0 Å². The second kappa shape index (κ2) is 9.34. The molecule has 0 saturated carbocycles. The number of amides is 1. The summed E-state index contributed by atoms with van der Waals surface area (Å²) in [5.74, 6) is -0.0410. The first kappa shape index (κ1) is 16.5. The van der Waals surface area contributed by atoms with Crippen LogP contribution in [0.3, 0.4) is 0 Å². The van der Waals surface area contributed by atoms with Crippen molar-refractivity contribution in [3.05, 3.63) is 24.0 Å². The SMILES string of the molecule is CCCCCC(C)NC(=O)c1cnccc1NCCC. The molecule has 0 aliphatic heterocycles. The summed E-state index contributed by atoms with van der Waals surface area (Å²) in [6.07, 6.45) is 8.97. The molecule has 0 spiro atoms. The van der Waals surface area contributed by atoms with E-state index in [1.807, 2.05) is 6.07 Å². The van der Waals surface area contributed by atoms with Gasteiger partial charge >= 0.3 is 0 Å². The number of unbranched alkanes of at least 4 members (excludes halogenated alkanes) is 2. The molecule has 4 nitrogen and oxygen atoms in total. The van der Waals surface area contributed by atoms with Gasteiger partial charge in [-0.3, -0.25) is 9.78 Å². The van der Waals surface area contributed by atoms with Crippen LogP contribution in [0.1, 0.15) is 63.2 Å². The van der Waals surface area contributed by atoms with Crippen LogP contribution < -0.4 is 10.6 Å². The number of anilines is 1. The van der Waals surface area contributed by atoms with Crippen molar-refractivity contribution in [1.29, 1.82) is 0 Å². The largest absolute Gasteiger partial charge is 0.384 e. The number of pyridine rings is 1. The third-order valence-electron chi connectivity index (χ3n) is 3.25. The Balaban J connectivity index is 2.57. The van der Waals surface area contributed by atoms with Crippen LogP contribution in [0.25, 0.3) is 0 Å². The highest BCUT2D eigenvalue weighted by Gasteiger charge is 2.13. The Morgan fingerprint density at radius 1 is 1.30 bits per heavy atom. The molecule has 0 aromatic carbocycles. The fourth-order valence-electron chi connectivity index (χ4n) is 2.06. The quantitative estimate of drug-likeness (QED) is 0.678. The Labute approximate surface area is 122 Å². The molecule has 4 heteroatoms. The molecule has 1 aromatic heterocycles. The summed E-state index contributed by atoms with van der Waals surface area (Å²) in [6, 6.07) is 2.06. The maximum absolute atomic E-state index is 12.3. The molecule has 1 heterocycles. The molecule has 0 aliphatic rings. The number of carbonyl (C=O) groups excluding carboxylic acids is 1. The van der Waals surface area contributed by atoms with E-state index in [1.54, 1.807) is 12.4 Å². The van der Waals surface area contributed by atoms with Crippen molar-refractivity contribution in [1.82, 2.24) is 10.3 Å². The average Bonchev–Trinajstić information content (AvgIpc) is 2.45. The lowest BCUT2D eigenvalue weighted by Gasteiger charge is -2.15. The first-order valence-corrected chi connectivity index (χ1v) is 7.67. The zero-order chi connectivity index (χ0) is 14.8. The van der Waals surface area contributed by atoms with Gasteiger partial charge in [-0.2, -0.15) is 0 Å². The van der Waals surface area contributed by atoms with Gasteiger partial charge < -0.3 is 10.6 Å². The zero-order valence-corrected chi connectivity index (χ0v) is 12.9. The van der Waals surface area contributed by atoms with Crippen LogP contribution in [0, 0.1) is 0 Å². The Hall–Kier alpha value is -1.58. The molecule has 20 heavy (non-hydrogen) atoms. The molecule has 0 radical (unpaired) electrons. The zero-order valence-electron chi connectivity index (χ0n) is 12.9. The topological polar surface area (TPSA) is 54.0 Å². The van der Waals surface area contributed by atoms with Gasteiger partial charge in [0.25, 0.3) is 5.91 Å². The molecule has 1 amide bonds. The lowest BCUT2D eigenvalue weighted by Crippen LogP contribution is -2.33. The van der Waals surface area contributed by atoms with E-state index in [0.717, 1.165) is 31.5 Å². The van der Waals surface area contributed by atoms with Gasteiger partial charge in [0.2, 0.25) is 0 Å². The third-order valence-corrected chi connectivity index (χ3v) is 3.25. The van der Waals surface area contributed by atoms with Crippen LogP contribution >= 0.6 is 0 Å². The molecule has 0 aliphatic carbocycles. The van der Waals surface area contributed by atoms with E-state index >= 15 is 0 Å². The molecule has 112 valence electrons. The van der Waals surface area contributed by atoms with Crippen LogP contribution in [-0.2, 0) is 0 Å². The van der Waals surface area contributed by atoms with Crippen molar-refractivity contribution in [2.24, 2.45) is 0 Å². The van der Waals surface area contributed by atoms with Gasteiger partial charge in [0.05, 0.1) is 11.3 Å². The Bertz CT molecular complexity index is 406. The lowest BCUT2D eigenvalue weighted by atomic mass is 10.1. The van der Waals surface area contributed by atoms with Crippen LogP contribution in [0.15, 0.2) is 18.5 Å². The van der Waals surface area contributed by atoms with E-state index < -0.39 is 0 Å². The summed E-state index contributed by atoms with van der Waals surface area (Å²) in [6.45, 7) is 7.20. The van der Waals surface area contributed by atoms with Crippen LogP contribution in [0.4, 0.5) is 5.69 Å². The van der Waals surface area contributed by atoms with E-state index in [0.29, 0.717) is 5.56 Å². The molecule has 1 unspecified atom stereocenters. The van der Waals surface area contributed by atoms with E-state index in [1.165, 1.54) is 12.8 Å². The number of nitrogens with zero attached hydrogens (tertiary/aromatic N) is 1. The summed E-state index contributed by atoms with van der Waals surface area (Å²) >= 11 is 0. The van der Waals surface area contributed by atoms with Gasteiger partial charge in [-0.25, -0.2) is 0 Å². The smallest absolute Gasteiger partial charge is 0.255 e. The Kier molecular flexibility index (Phi) is 7.70. The normalized spacial score (nSPS) is 11.9. The molecule has 0 bridgehead atoms. The van der Waals surface area contributed by atoms with Gasteiger partial charge in [0.1, 0.15) is 0 Å². The molecule has 2 N–H and O–H groups in total. The minimum Gasteiger partial charge on any atom is -0.384 e. The van der Waals surface area contributed by atoms with Gasteiger partial charge in [0.15, 0.2) is 0 Å². The van der Waals surface area contributed by atoms with Crippen LogP contribution in [0.2, 0.25) is 0 Å². The fourth-order valence-corrected chi connectivity index (χ4v) is 2.06. The second-order valence-corrected chi connectivity index (χ2v) is 5.22. The lowest BCUT2D eigenvalue weighted by molar-refractivity contribution is 0.0938. The van der Waals surface area contributed by atoms with E-state index in [-0.39, 0.29) is 11.9 Å².